The highest BCUT2D eigenvalue weighted by Crippen LogP contribution is 2.14. The second kappa shape index (κ2) is 35.0. The van der Waals surface area contributed by atoms with E-state index in [1.165, 1.54) is 141 Å². The molecule has 0 spiro atoms. The molecule has 49 heavy (non-hydrogen) atoms. The van der Waals surface area contributed by atoms with E-state index in [0.29, 0.717) is 6.54 Å². The van der Waals surface area contributed by atoms with Crippen LogP contribution in [0.1, 0.15) is 200 Å². The molecule has 1 rings (SSSR count). The fourth-order valence-electron chi connectivity index (χ4n) is 6.58. The number of carbonyl (C=O) groups is 2. The highest BCUT2D eigenvalue weighted by molar-refractivity contribution is 7.80. The predicted octanol–water partition coefficient (Wildman–Crippen LogP) is 11.0. The van der Waals surface area contributed by atoms with Crippen molar-refractivity contribution in [1.82, 2.24) is 10.2 Å². The molecule has 1 aliphatic rings. The Morgan fingerprint density at radius 1 is 0.551 bits per heavy atom. The highest BCUT2D eigenvalue weighted by atomic mass is 32.1. The molecule has 0 aromatic carbocycles. The van der Waals surface area contributed by atoms with E-state index in [2.05, 4.69) is 24.1 Å². The number of carbonyl (C=O) groups excluding carboxylic acids is 2. The van der Waals surface area contributed by atoms with Gasteiger partial charge in [0.25, 0.3) is 11.3 Å². The molecule has 0 aromatic heterocycles. The number of thiocarbonyl (C=S) groups is 1. The minimum Gasteiger partial charge on any atom is -0.462 e. The SMILES string of the molecule is CCCCCCCCCCCCCCCOC(=O)C(OC(=S)NCCCN1CCCC1)C(=O)OCCCCCCCCCCCCCCC. The fourth-order valence-corrected chi connectivity index (χ4v) is 6.78. The number of unbranched alkanes of at least 4 members (excludes halogenated alkanes) is 24. The van der Waals surface area contributed by atoms with Crippen molar-refractivity contribution in [1.29, 1.82) is 0 Å². The Morgan fingerprint density at radius 3 is 1.27 bits per heavy atom. The number of hydrogen-bond acceptors (Lipinski definition) is 7. The first-order chi connectivity index (χ1) is 24.1. The van der Waals surface area contributed by atoms with Crippen LogP contribution in [0.5, 0.6) is 0 Å². The third-order valence-corrected chi connectivity index (χ3v) is 10.00. The third kappa shape index (κ3) is 28.9. The van der Waals surface area contributed by atoms with E-state index in [9.17, 15) is 9.59 Å². The lowest BCUT2D eigenvalue weighted by Crippen LogP contribution is -2.41. The van der Waals surface area contributed by atoms with Gasteiger partial charge in [0, 0.05) is 6.54 Å². The maximum absolute atomic E-state index is 12.9. The predicted molar refractivity (Wildman–Crippen MR) is 209 cm³/mol. The number of rotatable bonds is 35. The zero-order valence-electron chi connectivity index (χ0n) is 32.2. The van der Waals surface area contributed by atoms with Gasteiger partial charge < -0.3 is 24.4 Å². The minimum atomic E-state index is -1.48. The molecule has 0 atom stereocenters. The molecule has 8 heteroatoms. The molecular weight excluding hydrogens is 633 g/mol. The van der Waals surface area contributed by atoms with Crippen molar-refractivity contribution in [3.63, 3.8) is 0 Å². The molecule has 1 saturated heterocycles. The van der Waals surface area contributed by atoms with E-state index >= 15 is 0 Å². The first-order valence-electron chi connectivity index (χ1n) is 21.1. The second-order valence-corrected chi connectivity index (χ2v) is 14.8. The van der Waals surface area contributed by atoms with Crippen molar-refractivity contribution in [2.24, 2.45) is 0 Å². The molecule has 1 N–H and O–H groups in total. The Bertz CT molecular complexity index is 733. The highest BCUT2D eigenvalue weighted by Gasteiger charge is 2.33. The summed E-state index contributed by atoms with van der Waals surface area (Å²) < 4.78 is 16.6. The van der Waals surface area contributed by atoms with E-state index in [4.69, 9.17) is 26.4 Å². The first-order valence-corrected chi connectivity index (χ1v) is 21.5. The molecule has 0 amide bonds. The van der Waals surface area contributed by atoms with Crippen LogP contribution in [0.2, 0.25) is 0 Å². The Kier molecular flexibility index (Phi) is 32.6. The fraction of sp³-hybridized carbons (Fsp3) is 0.927. The van der Waals surface area contributed by atoms with Gasteiger partial charge in [-0.25, -0.2) is 9.59 Å². The van der Waals surface area contributed by atoms with Crippen molar-refractivity contribution in [2.75, 3.05) is 39.4 Å². The number of esters is 2. The van der Waals surface area contributed by atoms with Crippen molar-refractivity contribution in [2.45, 2.75) is 206 Å². The summed E-state index contributed by atoms with van der Waals surface area (Å²) in [7, 11) is 0. The molecule has 1 fully saturated rings. The summed E-state index contributed by atoms with van der Waals surface area (Å²) in [5.74, 6) is -1.42. The summed E-state index contributed by atoms with van der Waals surface area (Å²) in [4.78, 5) is 28.3. The van der Waals surface area contributed by atoms with Crippen molar-refractivity contribution >= 4 is 29.3 Å². The van der Waals surface area contributed by atoms with Gasteiger partial charge in [0.15, 0.2) is 0 Å². The monoisotopic (exact) mass is 711 g/mol. The summed E-state index contributed by atoms with van der Waals surface area (Å²) in [5.41, 5.74) is 0. The average Bonchev–Trinajstić information content (AvgIpc) is 3.63. The number of hydrogen-bond donors (Lipinski definition) is 1. The standard InChI is InChI=1S/C41H78N2O5S/c1-3-5-7-9-11-13-15-17-19-21-23-25-29-36-46-39(44)38(48-41(49)42-32-31-35-43-33-27-28-34-43)40(45)47-37-30-26-24-22-20-18-16-14-12-10-8-6-4-2/h38H,3-37H2,1-2H3,(H,42,49). The van der Waals surface area contributed by atoms with Gasteiger partial charge in [-0.1, -0.05) is 168 Å². The van der Waals surface area contributed by atoms with Crippen LogP contribution in [0.3, 0.4) is 0 Å². The van der Waals surface area contributed by atoms with Crippen LogP contribution in [0, 0.1) is 0 Å². The van der Waals surface area contributed by atoms with Gasteiger partial charge in [0.1, 0.15) is 0 Å². The number of nitrogens with one attached hydrogen (secondary N) is 1. The van der Waals surface area contributed by atoms with Crippen LogP contribution in [0.15, 0.2) is 0 Å². The average molecular weight is 711 g/mol. The van der Waals surface area contributed by atoms with Gasteiger partial charge in [0.2, 0.25) is 0 Å². The minimum absolute atomic E-state index is 0.0437. The van der Waals surface area contributed by atoms with Gasteiger partial charge in [-0.2, -0.15) is 0 Å². The lowest BCUT2D eigenvalue weighted by molar-refractivity contribution is -0.167. The summed E-state index contributed by atoms with van der Waals surface area (Å²) in [6.45, 7) is 9.02. The Hall–Kier alpha value is -1.41. The Labute approximate surface area is 308 Å². The normalized spacial score (nSPS) is 13.2. The molecule has 288 valence electrons. The maximum Gasteiger partial charge on any atom is 0.359 e. The zero-order chi connectivity index (χ0) is 35.5. The van der Waals surface area contributed by atoms with Gasteiger partial charge in [-0.15, -0.1) is 0 Å². The number of likely N-dealkylation sites (tertiary alicyclic amines) is 1. The largest absolute Gasteiger partial charge is 0.462 e. The summed E-state index contributed by atoms with van der Waals surface area (Å²) in [6, 6.07) is 0. The van der Waals surface area contributed by atoms with E-state index in [-0.39, 0.29) is 18.4 Å². The van der Waals surface area contributed by atoms with E-state index < -0.39 is 18.0 Å². The van der Waals surface area contributed by atoms with Gasteiger partial charge >= 0.3 is 11.9 Å². The smallest absolute Gasteiger partial charge is 0.359 e. The van der Waals surface area contributed by atoms with E-state index in [0.717, 1.165) is 64.6 Å². The summed E-state index contributed by atoms with van der Waals surface area (Å²) in [6.07, 6.45) is 34.5. The van der Waals surface area contributed by atoms with E-state index in [1.54, 1.807) is 0 Å². The van der Waals surface area contributed by atoms with Crippen LogP contribution in [0.25, 0.3) is 0 Å². The van der Waals surface area contributed by atoms with Crippen LogP contribution in [0.4, 0.5) is 0 Å². The molecule has 0 radical (unpaired) electrons. The van der Waals surface area contributed by atoms with Gasteiger partial charge in [-0.3, -0.25) is 0 Å². The second-order valence-electron chi connectivity index (χ2n) is 14.4. The van der Waals surface area contributed by atoms with Gasteiger partial charge in [0.05, 0.1) is 13.2 Å². The molecule has 0 bridgehead atoms. The van der Waals surface area contributed by atoms with Crippen molar-refractivity contribution < 1.29 is 23.8 Å². The molecule has 0 saturated carbocycles. The number of ether oxygens (including phenoxy) is 3. The van der Waals surface area contributed by atoms with Crippen LogP contribution in [-0.2, 0) is 23.8 Å². The molecule has 0 unspecified atom stereocenters. The molecule has 0 aromatic rings. The third-order valence-electron chi connectivity index (χ3n) is 9.76. The van der Waals surface area contributed by atoms with Crippen molar-refractivity contribution in [3.8, 4) is 0 Å². The van der Waals surface area contributed by atoms with Crippen LogP contribution < -0.4 is 5.32 Å². The van der Waals surface area contributed by atoms with Crippen LogP contribution in [-0.4, -0.2) is 67.5 Å². The molecular formula is C41H78N2O5S. The lowest BCUT2D eigenvalue weighted by atomic mass is 10.0. The molecule has 0 aliphatic carbocycles. The quantitative estimate of drug-likeness (QED) is 0.0301. The first kappa shape index (κ1) is 45.6. The molecule has 7 nitrogen and oxygen atoms in total. The summed E-state index contributed by atoms with van der Waals surface area (Å²) in [5, 5.41) is 3.10. The summed E-state index contributed by atoms with van der Waals surface area (Å²) >= 11 is 5.34. The lowest BCUT2D eigenvalue weighted by Gasteiger charge is -2.19. The number of nitrogens with zero attached hydrogens (tertiary/aromatic N) is 1. The van der Waals surface area contributed by atoms with Gasteiger partial charge in [-0.05, 0) is 64.0 Å². The Balaban J connectivity index is 2.25. The van der Waals surface area contributed by atoms with Crippen molar-refractivity contribution in [3.05, 3.63) is 0 Å². The van der Waals surface area contributed by atoms with E-state index in [1.807, 2.05) is 0 Å². The molecule has 1 heterocycles. The zero-order valence-corrected chi connectivity index (χ0v) is 33.0. The van der Waals surface area contributed by atoms with Crippen LogP contribution >= 0.6 is 12.2 Å². The topological polar surface area (TPSA) is 77.1 Å². The molecule has 1 aliphatic heterocycles. The Morgan fingerprint density at radius 2 is 0.898 bits per heavy atom. The maximum atomic E-state index is 12.9.